The van der Waals surface area contributed by atoms with Crippen molar-refractivity contribution in [1.29, 1.82) is 5.26 Å². The van der Waals surface area contributed by atoms with E-state index in [2.05, 4.69) is 11.1 Å². The molecule has 4 nitrogen and oxygen atoms in total. The van der Waals surface area contributed by atoms with E-state index in [1.807, 2.05) is 0 Å². The van der Waals surface area contributed by atoms with Crippen molar-refractivity contribution in [3.8, 4) is 11.9 Å². The number of aliphatic hydroxyl groups is 1. The van der Waals surface area contributed by atoms with Gasteiger partial charge in [0.1, 0.15) is 0 Å². The van der Waals surface area contributed by atoms with Gasteiger partial charge in [-0.1, -0.05) is 19.3 Å². The van der Waals surface area contributed by atoms with Crippen LogP contribution in [0.1, 0.15) is 43.8 Å². The Morgan fingerprint density at radius 1 is 1.39 bits per heavy atom. The molecule has 1 saturated carbocycles. The molecule has 0 aliphatic heterocycles. The number of hydrogen-bond acceptors (Lipinski definition) is 4. The summed E-state index contributed by atoms with van der Waals surface area (Å²) in [6, 6.07) is 5.83. The third kappa shape index (κ3) is 2.32. The first kappa shape index (κ1) is 12.8. The molecule has 2 rings (SSSR count). The van der Waals surface area contributed by atoms with E-state index in [1.54, 1.807) is 25.4 Å². The van der Waals surface area contributed by atoms with Gasteiger partial charge >= 0.3 is 0 Å². The molecule has 0 spiro atoms. The molecule has 1 aliphatic carbocycles. The zero-order chi connectivity index (χ0) is 13.0. The lowest BCUT2D eigenvalue weighted by Crippen LogP contribution is -2.30. The van der Waals surface area contributed by atoms with Crippen molar-refractivity contribution >= 4 is 0 Å². The maximum Gasteiger partial charge on any atom is 0.212 e. The normalized spacial score (nSPS) is 19.8. The van der Waals surface area contributed by atoms with E-state index in [9.17, 15) is 10.4 Å². The maximum absolute atomic E-state index is 10.5. The van der Waals surface area contributed by atoms with Crippen LogP contribution in [0.2, 0.25) is 0 Å². The number of rotatable bonds is 3. The average molecular weight is 246 g/mol. The molecule has 1 aromatic rings. The van der Waals surface area contributed by atoms with Crippen LogP contribution in [0.5, 0.6) is 5.88 Å². The van der Waals surface area contributed by atoms with E-state index in [0.717, 1.165) is 32.1 Å². The summed E-state index contributed by atoms with van der Waals surface area (Å²) in [6.45, 7) is 0. The topological polar surface area (TPSA) is 66.1 Å². The number of hydrogen-bond donors (Lipinski definition) is 1. The average Bonchev–Trinajstić information content (AvgIpc) is 2.47. The van der Waals surface area contributed by atoms with Crippen molar-refractivity contribution < 1.29 is 9.84 Å². The summed E-state index contributed by atoms with van der Waals surface area (Å²) in [5.74, 6) is 0.514. The minimum atomic E-state index is -0.763. The zero-order valence-electron chi connectivity index (χ0n) is 10.6. The van der Waals surface area contributed by atoms with Crippen LogP contribution in [0.4, 0.5) is 0 Å². The fraction of sp³-hybridized carbons (Fsp3) is 0.571. The molecule has 1 unspecified atom stereocenters. The maximum atomic E-state index is 10.5. The fourth-order valence-corrected chi connectivity index (χ4v) is 2.62. The lowest BCUT2D eigenvalue weighted by Gasteiger charge is -2.35. The molecule has 0 aromatic carbocycles. The van der Waals surface area contributed by atoms with E-state index >= 15 is 0 Å². The van der Waals surface area contributed by atoms with Gasteiger partial charge < -0.3 is 9.84 Å². The van der Waals surface area contributed by atoms with Crippen LogP contribution in [0.15, 0.2) is 18.3 Å². The number of aromatic nitrogens is 1. The first-order valence-electron chi connectivity index (χ1n) is 6.31. The van der Waals surface area contributed by atoms with Crippen LogP contribution in [0.3, 0.4) is 0 Å². The number of nitriles is 1. The zero-order valence-corrected chi connectivity index (χ0v) is 10.6. The van der Waals surface area contributed by atoms with Crippen molar-refractivity contribution in [3.63, 3.8) is 0 Å². The lowest BCUT2D eigenvalue weighted by molar-refractivity contribution is 0.0357. The highest BCUT2D eigenvalue weighted by atomic mass is 16.5. The predicted molar refractivity (Wildman–Crippen MR) is 66.9 cm³/mol. The molecule has 1 aromatic heterocycles. The number of nitrogens with zero attached hydrogens (tertiary/aromatic N) is 2. The Hall–Kier alpha value is -1.60. The van der Waals surface area contributed by atoms with E-state index < -0.39 is 11.5 Å². The molecule has 1 N–H and O–H groups in total. The molecule has 1 heterocycles. The molecule has 4 heteroatoms. The van der Waals surface area contributed by atoms with Crippen LogP contribution in [-0.2, 0) is 0 Å². The van der Waals surface area contributed by atoms with E-state index in [1.165, 1.54) is 0 Å². The summed E-state index contributed by atoms with van der Waals surface area (Å²) in [5.41, 5.74) is 0.0494. The smallest absolute Gasteiger partial charge is 0.212 e. The summed E-state index contributed by atoms with van der Waals surface area (Å²) in [5, 5.41) is 19.9. The highest BCUT2D eigenvalue weighted by Gasteiger charge is 2.40. The quantitative estimate of drug-likeness (QED) is 0.890. The van der Waals surface area contributed by atoms with Crippen LogP contribution < -0.4 is 4.74 Å². The largest absolute Gasteiger partial charge is 0.481 e. The van der Waals surface area contributed by atoms with Crippen molar-refractivity contribution in [2.45, 2.75) is 38.2 Å². The molecule has 0 saturated heterocycles. The minimum absolute atomic E-state index is 0.514. The SMILES string of the molecule is COc1ccc(C(O)C2(C#N)CCCCC2)cn1. The standard InChI is InChI=1S/C14H18N2O2/c1-18-12-6-5-11(9-16-12)13(17)14(10-15)7-3-2-4-8-14/h5-6,9,13,17H,2-4,7-8H2,1H3. The van der Waals surface area contributed by atoms with Crippen molar-refractivity contribution in [1.82, 2.24) is 4.98 Å². The van der Waals surface area contributed by atoms with Gasteiger partial charge in [0, 0.05) is 17.8 Å². The Kier molecular flexibility index (Phi) is 3.83. The highest BCUT2D eigenvalue weighted by molar-refractivity contribution is 5.24. The predicted octanol–water partition coefficient (Wildman–Crippen LogP) is 2.60. The summed E-state index contributed by atoms with van der Waals surface area (Å²) in [6.07, 6.45) is 5.52. The molecule has 1 atom stereocenters. The second kappa shape index (κ2) is 5.36. The van der Waals surface area contributed by atoms with Crippen LogP contribution in [0.25, 0.3) is 0 Å². The van der Waals surface area contributed by atoms with Gasteiger partial charge in [0.05, 0.1) is 24.7 Å². The van der Waals surface area contributed by atoms with Crippen LogP contribution in [0, 0.1) is 16.7 Å². The number of methoxy groups -OCH3 is 1. The molecule has 0 bridgehead atoms. The first-order chi connectivity index (χ1) is 8.72. The molecule has 96 valence electrons. The molecule has 1 aliphatic rings. The third-order valence-corrected chi connectivity index (χ3v) is 3.78. The van der Waals surface area contributed by atoms with Crippen LogP contribution >= 0.6 is 0 Å². The van der Waals surface area contributed by atoms with Crippen molar-refractivity contribution in [3.05, 3.63) is 23.9 Å². The van der Waals surface area contributed by atoms with E-state index in [4.69, 9.17) is 4.74 Å². The van der Waals surface area contributed by atoms with Gasteiger partial charge in [-0.3, -0.25) is 0 Å². The molecular formula is C14H18N2O2. The van der Waals surface area contributed by atoms with Gasteiger partial charge in [-0.15, -0.1) is 0 Å². The van der Waals surface area contributed by atoms with Gasteiger partial charge in [0.25, 0.3) is 0 Å². The minimum Gasteiger partial charge on any atom is -0.481 e. The monoisotopic (exact) mass is 246 g/mol. The summed E-state index contributed by atoms with van der Waals surface area (Å²) >= 11 is 0. The molecule has 0 amide bonds. The second-order valence-corrected chi connectivity index (χ2v) is 4.87. The Labute approximate surface area is 107 Å². The van der Waals surface area contributed by atoms with Crippen LogP contribution in [-0.4, -0.2) is 17.2 Å². The second-order valence-electron chi connectivity index (χ2n) is 4.87. The Morgan fingerprint density at radius 3 is 2.61 bits per heavy atom. The van der Waals surface area contributed by atoms with Crippen molar-refractivity contribution in [2.24, 2.45) is 5.41 Å². The Bertz CT molecular complexity index is 430. The van der Waals surface area contributed by atoms with E-state index in [-0.39, 0.29) is 0 Å². The number of pyridine rings is 1. The van der Waals surface area contributed by atoms with Gasteiger partial charge in [-0.25, -0.2) is 4.98 Å². The Balaban J connectivity index is 2.22. The van der Waals surface area contributed by atoms with Gasteiger partial charge in [-0.05, 0) is 18.9 Å². The first-order valence-corrected chi connectivity index (χ1v) is 6.31. The van der Waals surface area contributed by atoms with E-state index in [0.29, 0.717) is 11.4 Å². The lowest BCUT2D eigenvalue weighted by atomic mass is 9.70. The summed E-state index contributed by atoms with van der Waals surface area (Å²) in [7, 11) is 1.55. The van der Waals surface area contributed by atoms with Gasteiger partial charge in [0.2, 0.25) is 5.88 Å². The third-order valence-electron chi connectivity index (χ3n) is 3.78. The molecular weight excluding hydrogens is 228 g/mol. The Morgan fingerprint density at radius 2 is 2.11 bits per heavy atom. The molecule has 18 heavy (non-hydrogen) atoms. The van der Waals surface area contributed by atoms with Crippen molar-refractivity contribution in [2.75, 3.05) is 7.11 Å². The molecule has 1 fully saturated rings. The number of ether oxygens (including phenoxy) is 1. The number of aliphatic hydroxyl groups excluding tert-OH is 1. The highest BCUT2D eigenvalue weighted by Crippen LogP contribution is 2.45. The van der Waals surface area contributed by atoms with Gasteiger partial charge in [-0.2, -0.15) is 5.26 Å². The summed E-state index contributed by atoms with van der Waals surface area (Å²) < 4.78 is 4.99. The fourth-order valence-electron chi connectivity index (χ4n) is 2.62. The molecule has 0 radical (unpaired) electrons. The van der Waals surface area contributed by atoms with Gasteiger partial charge in [0.15, 0.2) is 0 Å². The summed E-state index contributed by atoms with van der Waals surface area (Å²) in [4.78, 5) is 4.09.